The SMILES string of the molecule is COc1cccc(C2=NOC3(CCN(C(=O)Nc4ccc(OCc5ccccc5)cc4)CC3)C2)c1. The van der Waals surface area contributed by atoms with Crippen molar-refractivity contribution in [3.05, 3.63) is 90.0 Å². The molecule has 3 aromatic carbocycles. The number of likely N-dealkylation sites (tertiary alicyclic amines) is 1. The number of hydrogen-bond donors (Lipinski definition) is 1. The van der Waals surface area contributed by atoms with Gasteiger partial charge in [-0.1, -0.05) is 47.6 Å². The third-order valence-corrected chi connectivity index (χ3v) is 6.56. The average Bonchev–Trinajstić information content (AvgIpc) is 3.32. The molecule has 2 amide bonds. The molecule has 0 radical (unpaired) electrons. The van der Waals surface area contributed by atoms with E-state index in [1.807, 2.05) is 83.8 Å². The molecule has 0 aromatic heterocycles. The van der Waals surface area contributed by atoms with Gasteiger partial charge in [-0.25, -0.2) is 4.79 Å². The van der Waals surface area contributed by atoms with Gasteiger partial charge < -0.3 is 24.5 Å². The Labute approximate surface area is 205 Å². The number of oxime groups is 1. The second kappa shape index (κ2) is 10.1. The van der Waals surface area contributed by atoms with Gasteiger partial charge in [0.05, 0.1) is 12.8 Å². The predicted octanol–water partition coefficient (Wildman–Crippen LogP) is 5.47. The Morgan fingerprint density at radius 1 is 1.00 bits per heavy atom. The number of anilines is 1. The lowest BCUT2D eigenvalue weighted by Crippen LogP contribution is -2.48. The van der Waals surface area contributed by atoms with Gasteiger partial charge in [0.15, 0.2) is 0 Å². The van der Waals surface area contributed by atoms with Crippen LogP contribution in [0.4, 0.5) is 10.5 Å². The lowest BCUT2D eigenvalue weighted by Gasteiger charge is -2.37. The van der Waals surface area contributed by atoms with Gasteiger partial charge in [-0.2, -0.15) is 0 Å². The number of piperidine rings is 1. The first-order chi connectivity index (χ1) is 17.1. The van der Waals surface area contributed by atoms with Crippen molar-refractivity contribution >= 4 is 17.4 Å². The first-order valence-corrected chi connectivity index (χ1v) is 11.8. The molecular weight excluding hydrogens is 442 g/mol. The van der Waals surface area contributed by atoms with Crippen LogP contribution in [0.1, 0.15) is 30.4 Å². The highest BCUT2D eigenvalue weighted by Crippen LogP contribution is 2.36. The van der Waals surface area contributed by atoms with Gasteiger partial charge in [-0.05, 0) is 42.0 Å². The molecule has 0 bridgehead atoms. The van der Waals surface area contributed by atoms with E-state index in [1.54, 1.807) is 7.11 Å². The minimum atomic E-state index is -0.340. The fourth-order valence-corrected chi connectivity index (χ4v) is 4.44. The van der Waals surface area contributed by atoms with Crippen LogP contribution in [-0.4, -0.2) is 42.4 Å². The number of urea groups is 1. The van der Waals surface area contributed by atoms with Gasteiger partial charge in [0, 0.05) is 43.6 Å². The maximum absolute atomic E-state index is 12.8. The molecule has 180 valence electrons. The van der Waals surface area contributed by atoms with Crippen molar-refractivity contribution in [2.24, 2.45) is 5.16 Å². The highest BCUT2D eigenvalue weighted by atomic mass is 16.7. The van der Waals surface area contributed by atoms with Crippen LogP contribution in [0, 0.1) is 0 Å². The number of nitrogens with one attached hydrogen (secondary N) is 1. The molecule has 1 saturated heterocycles. The van der Waals surface area contributed by atoms with E-state index >= 15 is 0 Å². The summed E-state index contributed by atoms with van der Waals surface area (Å²) in [6.07, 6.45) is 2.22. The van der Waals surface area contributed by atoms with Crippen molar-refractivity contribution < 1.29 is 19.1 Å². The van der Waals surface area contributed by atoms with Crippen LogP contribution >= 0.6 is 0 Å². The van der Waals surface area contributed by atoms with Crippen molar-refractivity contribution in [2.75, 3.05) is 25.5 Å². The molecule has 0 unspecified atom stereocenters. The standard InChI is InChI=1S/C28H29N3O4/c1-33-25-9-5-8-22(18-25)26-19-28(35-30-26)14-16-31(17-15-28)27(32)29-23-10-12-24(13-11-23)34-20-21-6-3-2-4-7-21/h2-13,18H,14-17,19-20H2,1H3,(H,29,32). The van der Waals surface area contributed by atoms with E-state index in [-0.39, 0.29) is 11.6 Å². The lowest BCUT2D eigenvalue weighted by atomic mass is 9.85. The molecule has 2 aliphatic heterocycles. The van der Waals surface area contributed by atoms with Crippen molar-refractivity contribution in [2.45, 2.75) is 31.5 Å². The number of rotatable bonds is 6. The number of methoxy groups -OCH3 is 1. The third kappa shape index (κ3) is 5.40. The van der Waals surface area contributed by atoms with Crippen molar-refractivity contribution in [1.82, 2.24) is 4.90 Å². The molecule has 1 fully saturated rings. The first kappa shape index (κ1) is 22.8. The third-order valence-electron chi connectivity index (χ3n) is 6.56. The number of carbonyl (C=O) groups excluding carboxylic acids is 1. The van der Waals surface area contributed by atoms with Crippen LogP contribution in [0.5, 0.6) is 11.5 Å². The zero-order valence-corrected chi connectivity index (χ0v) is 19.8. The van der Waals surface area contributed by atoms with Crippen molar-refractivity contribution in [1.29, 1.82) is 0 Å². The Morgan fingerprint density at radius 2 is 1.77 bits per heavy atom. The maximum Gasteiger partial charge on any atom is 0.321 e. The van der Waals surface area contributed by atoms with Gasteiger partial charge in [0.1, 0.15) is 23.7 Å². The van der Waals surface area contributed by atoms with Crippen LogP contribution in [0.3, 0.4) is 0 Å². The van der Waals surface area contributed by atoms with E-state index in [9.17, 15) is 4.79 Å². The molecule has 2 aliphatic rings. The molecule has 3 aromatic rings. The van der Waals surface area contributed by atoms with E-state index in [1.165, 1.54) is 0 Å². The van der Waals surface area contributed by atoms with E-state index in [2.05, 4.69) is 10.5 Å². The highest BCUT2D eigenvalue weighted by Gasteiger charge is 2.43. The van der Waals surface area contributed by atoms with Crippen LogP contribution in [0.25, 0.3) is 0 Å². The number of nitrogens with zero attached hydrogens (tertiary/aromatic N) is 2. The molecule has 0 saturated carbocycles. The second-order valence-electron chi connectivity index (χ2n) is 8.94. The van der Waals surface area contributed by atoms with Crippen LogP contribution in [0.2, 0.25) is 0 Å². The Balaban J connectivity index is 1.10. The molecule has 7 heteroatoms. The average molecular weight is 472 g/mol. The van der Waals surface area contributed by atoms with Gasteiger partial charge >= 0.3 is 6.03 Å². The summed E-state index contributed by atoms with van der Waals surface area (Å²) in [4.78, 5) is 20.6. The molecule has 2 heterocycles. The largest absolute Gasteiger partial charge is 0.497 e. The molecule has 5 rings (SSSR count). The van der Waals surface area contributed by atoms with E-state index in [0.717, 1.165) is 53.3 Å². The summed E-state index contributed by atoms with van der Waals surface area (Å²) < 4.78 is 11.1. The second-order valence-corrected chi connectivity index (χ2v) is 8.94. The van der Waals surface area contributed by atoms with Crippen molar-refractivity contribution in [3.8, 4) is 11.5 Å². The van der Waals surface area contributed by atoms with Crippen LogP contribution in [0.15, 0.2) is 84.0 Å². The van der Waals surface area contributed by atoms with Crippen LogP contribution in [-0.2, 0) is 11.4 Å². The summed E-state index contributed by atoms with van der Waals surface area (Å²) in [6.45, 7) is 1.74. The fraction of sp³-hybridized carbons (Fsp3) is 0.286. The van der Waals surface area contributed by atoms with E-state index in [0.29, 0.717) is 19.7 Å². The van der Waals surface area contributed by atoms with E-state index in [4.69, 9.17) is 14.3 Å². The van der Waals surface area contributed by atoms with Gasteiger partial charge in [-0.15, -0.1) is 0 Å². The minimum Gasteiger partial charge on any atom is -0.497 e. The monoisotopic (exact) mass is 471 g/mol. The van der Waals surface area contributed by atoms with Crippen molar-refractivity contribution in [3.63, 3.8) is 0 Å². The molecule has 35 heavy (non-hydrogen) atoms. The zero-order chi connectivity index (χ0) is 24.1. The number of hydrogen-bond acceptors (Lipinski definition) is 5. The van der Waals surface area contributed by atoms with Crippen LogP contribution < -0.4 is 14.8 Å². The van der Waals surface area contributed by atoms with Gasteiger partial charge in [0.2, 0.25) is 0 Å². The first-order valence-electron chi connectivity index (χ1n) is 11.8. The molecule has 1 N–H and O–H groups in total. The summed E-state index contributed by atoms with van der Waals surface area (Å²) in [5.41, 5.74) is 3.45. The summed E-state index contributed by atoms with van der Waals surface area (Å²) in [5, 5.41) is 7.36. The van der Waals surface area contributed by atoms with Gasteiger partial charge in [-0.3, -0.25) is 0 Å². The number of benzene rings is 3. The minimum absolute atomic E-state index is 0.107. The summed E-state index contributed by atoms with van der Waals surface area (Å²) in [7, 11) is 1.66. The molecule has 0 aliphatic carbocycles. The zero-order valence-electron chi connectivity index (χ0n) is 19.8. The Morgan fingerprint density at radius 3 is 2.51 bits per heavy atom. The molecule has 0 atom stereocenters. The number of carbonyl (C=O) groups is 1. The lowest BCUT2D eigenvalue weighted by molar-refractivity contribution is -0.0544. The predicted molar refractivity (Wildman–Crippen MR) is 135 cm³/mol. The Bertz CT molecular complexity index is 1190. The number of ether oxygens (including phenoxy) is 2. The molecule has 7 nitrogen and oxygen atoms in total. The summed E-state index contributed by atoms with van der Waals surface area (Å²) >= 11 is 0. The topological polar surface area (TPSA) is 72.4 Å². The van der Waals surface area contributed by atoms with E-state index < -0.39 is 0 Å². The smallest absolute Gasteiger partial charge is 0.321 e. The quantitative estimate of drug-likeness (QED) is 0.518. The Hall–Kier alpha value is -4.00. The summed E-state index contributed by atoms with van der Waals surface area (Å²) in [6, 6.07) is 25.2. The van der Waals surface area contributed by atoms with Gasteiger partial charge in [0.25, 0.3) is 0 Å². The molecule has 1 spiro atoms. The molecular formula is C28H29N3O4. The maximum atomic E-state index is 12.8. The Kier molecular flexibility index (Phi) is 6.57. The normalized spacial score (nSPS) is 16.4. The highest BCUT2D eigenvalue weighted by molar-refractivity contribution is 6.02. The summed E-state index contributed by atoms with van der Waals surface area (Å²) in [5.74, 6) is 1.56. The fourth-order valence-electron chi connectivity index (χ4n) is 4.44. The number of amides is 2.